The zero-order chi connectivity index (χ0) is 13.9. The maximum atomic E-state index is 3.62. The molecule has 2 nitrogen and oxygen atoms in total. The molecular formula is C18H28N2. The van der Waals surface area contributed by atoms with Gasteiger partial charge in [0.1, 0.15) is 0 Å². The highest BCUT2D eigenvalue weighted by atomic mass is 15.1. The zero-order valence-electron chi connectivity index (χ0n) is 12.9. The van der Waals surface area contributed by atoms with Crippen LogP contribution in [0, 0.1) is 5.92 Å². The van der Waals surface area contributed by atoms with Crippen molar-refractivity contribution in [2.45, 2.75) is 51.1 Å². The molecule has 0 spiro atoms. The molecule has 2 saturated carbocycles. The van der Waals surface area contributed by atoms with Gasteiger partial charge in [0, 0.05) is 25.7 Å². The van der Waals surface area contributed by atoms with Crippen LogP contribution in [-0.4, -0.2) is 31.1 Å². The largest absolute Gasteiger partial charge is 0.313 e. The zero-order valence-corrected chi connectivity index (χ0v) is 12.9. The molecule has 2 fully saturated rings. The minimum absolute atomic E-state index is 0.619. The Labute approximate surface area is 123 Å². The molecule has 1 atom stereocenters. The molecule has 110 valence electrons. The fourth-order valence-corrected chi connectivity index (χ4v) is 2.82. The summed E-state index contributed by atoms with van der Waals surface area (Å²) in [5.41, 5.74) is 2.91. The predicted molar refractivity (Wildman–Crippen MR) is 84.9 cm³/mol. The summed E-state index contributed by atoms with van der Waals surface area (Å²) in [4.78, 5) is 2.46. The second kappa shape index (κ2) is 6.28. The molecule has 20 heavy (non-hydrogen) atoms. The number of hydrogen-bond acceptors (Lipinski definition) is 2. The first kappa shape index (κ1) is 14.1. The van der Waals surface area contributed by atoms with E-state index in [1.54, 1.807) is 0 Å². The molecule has 1 N–H and O–H groups in total. The molecule has 1 unspecified atom stereocenters. The van der Waals surface area contributed by atoms with Crippen LogP contribution in [0.5, 0.6) is 0 Å². The Balaban J connectivity index is 1.47. The van der Waals surface area contributed by atoms with Crippen molar-refractivity contribution in [3.63, 3.8) is 0 Å². The lowest BCUT2D eigenvalue weighted by Gasteiger charge is -2.17. The van der Waals surface area contributed by atoms with E-state index in [2.05, 4.69) is 48.5 Å². The van der Waals surface area contributed by atoms with Gasteiger partial charge in [0.2, 0.25) is 0 Å². The lowest BCUT2D eigenvalue weighted by Crippen LogP contribution is -2.22. The van der Waals surface area contributed by atoms with E-state index in [0.29, 0.717) is 5.92 Å². The molecule has 0 saturated heterocycles. The monoisotopic (exact) mass is 272 g/mol. The van der Waals surface area contributed by atoms with Crippen molar-refractivity contribution >= 4 is 0 Å². The quantitative estimate of drug-likeness (QED) is 0.780. The van der Waals surface area contributed by atoms with Crippen LogP contribution in [0.15, 0.2) is 24.3 Å². The van der Waals surface area contributed by atoms with Crippen molar-refractivity contribution in [2.24, 2.45) is 5.92 Å². The summed E-state index contributed by atoms with van der Waals surface area (Å²) in [6.07, 6.45) is 5.63. The Morgan fingerprint density at radius 3 is 2.45 bits per heavy atom. The van der Waals surface area contributed by atoms with E-state index >= 15 is 0 Å². The maximum Gasteiger partial charge on any atom is 0.0230 e. The molecule has 2 aliphatic carbocycles. The summed E-state index contributed by atoms with van der Waals surface area (Å²) in [7, 11) is 2.24. The van der Waals surface area contributed by atoms with Gasteiger partial charge >= 0.3 is 0 Å². The summed E-state index contributed by atoms with van der Waals surface area (Å²) >= 11 is 0. The van der Waals surface area contributed by atoms with Crippen molar-refractivity contribution in [3.05, 3.63) is 35.4 Å². The summed E-state index contributed by atoms with van der Waals surface area (Å²) in [6, 6.07) is 10.1. The first-order valence-corrected chi connectivity index (χ1v) is 8.21. The van der Waals surface area contributed by atoms with Crippen LogP contribution >= 0.6 is 0 Å². The maximum absolute atomic E-state index is 3.62. The van der Waals surface area contributed by atoms with Gasteiger partial charge in [-0.3, -0.25) is 0 Å². The van der Waals surface area contributed by atoms with E-state index in [9.17, 15) is 0 Å². The molecular weight excluding hydrogens is 244 g/mol. The van der Waals surface area contributed by atoms with E-state index in [1.807, 2.05) is 0 Å². The average molecular weight is 272 g/mol. The standard InChI is InChI=1S/C18H28N2/c1-14(11-19-18-9-10-18)17-7-5-16(6-8-17)13-20(2)12-15-3-4-15/h5-8,14-15,18-19H,3-4,9-13H2,1-2H3. The Morgan fingerprint density at radius 2 is 1.85 bits per heavy atom. The van der Waals surface area contributed by atoms with Crippen LogP contribution in [-0.2, 0) is 6.54 Å². The molecule has 1 aromatic rings. The highest BCUT2D eigenvalue weighted by Gasteiger charge is 2.23. The van der Waals surface area contributed by atoms with Gasteiger partial charge in [0.25, 0.3) is 0 Å². The van der Waals surface area contributed by atoms with E-state index in [0.717, 1.165) is 25.0 Å². The Morgan fingerprint density at radius 1 is 1.15 bits per heavy atom. The Bertz CT molecular complexity index is 418. The minimum Gasteiger partial charge on any atom is -0.313 e. The van der Waals surface area contributed by atoms with E-state index in [1.165, 1.54) is 43.4 Å². The smallest absolute Gasteiger partial charge is 0.0230 e. The Kier molecular flexibility index (Phi) is 4.42. The third-order valence-electron chi connectivity index (χ3n) is 4.56. The van der Waals surface area contributed by atoms with Gasteiger partial charge in [-0.25, -0.2) is 0 Å². The van der Waals surface area contributed by atoms with E-state index < -0.39 is 0 Å². The molecule has 2 heteroatoms. The van der Waals surface area contributed by atoms with Crippen LogP contribution < -0.4 is 5.32 Å². The van der Waals surface area contributed by atoms with Crippen molar-refractivity contribution in [1.82, 2.24) is 10.2 Å². The molecule has 0 aromatic heterocycles. The lowest BCUT2D eigenvalue weighted by atomic mass is 9.99. The number of benzene rings is 1. The predicted octanol–water partition coefficient (Wildman–Crippen LogP) is 3.38. The third kappa shape index (κ3) is 4.32. The second-order valence-corrected chi connectivity index (χ2v) is 6.97. The second-order valence-electron chi connectivity index (χ2n) is 6.97. The number of nitrogens with one attached hydrogen (secondary N) is 1. The van der Waals surface area contributed by atoms with Gasteiger partial charge in [0.05, 0.1) is 0 Å². The highest BCUT2D eigenvalue weighted by molar-refractivity contribution is 5.25. The van der Waals surface area contributed by atoms with Crippen LogP contribution in [0.2, 0.25) is 0 Å². The molecule has 3 rings (SSSR count). The molecule has 2 aliphatic rings. The van der Waals surface area contributed by atoms with Gasteiger partial charge < -0.3 is 10.2 Å². The topological polar surface area (TPSA) is 15.3 Å². The van der Waals surface area contributed by atoms with Crippen molar-refractivity contribution in [3.8, 4) is 0 Å². The average Bonchev–Trinajstić information content (AvgIpc) is 3.31. The van der Waals surface area contributed by atoms with Gasteiger partial charge in [-0.2, -0.15) is 0 Å². The summed E-state index contributed by atoms with van der Waals surface area (Å²) in [5.74, 6) is 1.60. The molecule has 0 aliphatic heterocycles. The first-order valence-electron chi connectivity index (χ1n) is 8.21. The minimum atomic E-state index is 0.619. The van der Waals surface area contributed by atoms with Crippen molar-refractivity contribution in [1.29, 1.82) is 0 Å². The molecule has 0 heterocycles. The normalized spacial score (nSPS) is 20.4. The number of hydrogen-bond donors (Lipinski definition) is 1. The first-order chi connectivity index (χ1) is 9.70. The third-order valence-corrected chi connectivity index (χ3v) is 4.56. The summed E-state index contributed by atoms with van der Waals surface area (Å²) in [6.45, 7) is 5.80. The van der Waals surface area contributed by atoms with Gasteiger partial charge in [0.15, 0.2) is 0 Å². The lowest BCUT2D eigenvalue weighted by molar-refractivity contribution is 0.313. The van der Waals surface area contributed by atoms with E-state index in [4.69, 9.17) is 0 Å². The van der Waals surface area contributed by atoms with Crippen LogP contribution in [0.4, 0.5) is 0 Å². The Hall–Kier alpha value is -0.860. The van der Waals surface area contributed by atoms with Crippen LogP contribution in [0.25, 0.3) is 0 Å². The summed E-state index contributed by atoms with van der Waals surface area (Å²) < 4.78 is 0. The fourth-order valence-electron chi connectivity index (χ4n) is 2.82. The molecule has 0 bridgehead atoms. The highest BCUT2D eigenvalue weighted by Crippen LogP contribution is 2.29. The van der Waals surface area contributed by atoms with Gasteiger partial charge in [-0.05, 0) is 55.7 Å². The van der Waals surface area contributed by atoms with Gasteiger partial charge in [-0.15, -0.1) is 0 Å². The molecule has 0 radical (unpaired) electrons. The van der Waals surface area contributed by atoms with E-state index in [-0.39, 0.29) is 0 Å². The van der Waals surface area contributed by atoms with Crippen molar-refractivity contribution in [2.75, 3.05) is 20.1 Å². The van der Waals surface area contributed by atoms with Crippen LogP contribution in [0.1, 0.15) is 49.7 Å². The van der Waals surface area contributed by atoms with Crippen molar-refractivity contribution < 1.29 is 0 Å². The SMILES string of the molecule is CC(CNC1CC1)c1ccc(CN(C)CC2CC2)cc1. The summed E-state index contributed by atoms with van der Waals surface area (Å²) in [5, 5.41) is 3.62. The number of nitrogens with zero attached hydrogens (tertiary/aromatic N) is 1. The fraction of sp³-hybridized carbons (Fsp3) is 0.667. The number of rotatable bonds is 8. The van der Waals surface area contributed by atoms with Gasteiger partial charge in [-0.1, -0.05) is 31.2 Å². The molecule has 0 amide bonds. The van der Waals surface area contributed by atoms with Crippen LogP contribution in [0.3, 0.4) is 0 Å². The molecule has 1 aromatic carbocycles.